The highest BCUT2D eigenvalue weighted by Gasteiger charge is 2.24. The maximum atomic E-state index is 13.6. The van der Waals surface area contributed by atoms with Crippen LogP contribution >= 0.6 is 22.9 Å². The summed E-state index contributed by atoms with van der Waals surface area (Å²) >= 11 is 7.69. The van der Waals surface area contributed by atoms with Crippen molar-refractivity contribution >= 4 is 44.7 Å². The fourth-order valence-electron chi connectivity index (χ4n) is 4.62. The largest absolute Gasteiger partial charge is 0.324 e. The van der Waals surface area contributed by atoms with E-state index in [1.54, 1.807) is 40.2 Å². The van der Waals surface area contributed by atoms with Gasteiger partial charge < -0.3 is 5.32 Å². The van der Waals surface area contributed by atoms with Crippen LogP contribution in [0.5, 0.6) is 0 Å². The summed E-state index contributed by atoms with van der Waals surface area (Å²) in [6.45, 7) is 2.55. The number of nitrogens with zero attached hydrogens (tertiary/aromatic N) is 3. The number of hydrogen-bond donors (Lipinski definition) is 1. The minimum Gasteiger partial charge on any atom is -0.324 e. The number of rotatable bonds is 5. The standard InChI is InChI=1S/C23H25ClN4O2S/c24-15-6-5-7-16(12-15)25-20(29)14-28-19(13-27-10-3-4-11-27)26-22-21(23(28)30)17-8-1-2-9-18(17)31-22/h5-7,12H,1-4,8-11,13-14H2,(H,25,29). The summed E-state index contributed by atoms with van der Waals surface area (Å²) in [5.41, 5.74) is 1.69. The van der Waals surface area contributed by atoms with Crippen LogP contribution in [0.3, 0.4) is 0 Å². The second-order valence-electron chi connectivity index (χ2n) is 8.35. The number of aromatic nitrogens is 2. The van der Waals surface area contributed by atoms with Gasteiger partial charge in [-0.3, -0.25) is 19.1 Å². The zero-order valence-corrected chi connectivity index (χ0v) is 18.9. The lowest BCUT2D eigenvalue weighted by atomic mass is 9.97. The maximum Gasteiger partial charge on any atom is 0.263 e. The van der Waals surface area contributed by atoms with Crippen LogP contribution in [-0.2, 0) is 30.7 Å². The number of halogens is 1. The van der Waals surface area contributed by atoms with E-state index in [4.69, 9.17) is 16.6 Å². The monoisotopic (exact) mass is 456 g/mol. The second-order valence-corrected chi connectivity index (χ2v) is 9.87. The number of aryl methyl sites for hydroxylation is 2. The smallest absolute Gasteiger partial charge is 0.263 e. The van der Waals surface area contributed by atoms with Crippen molar-refractivity contribution in [2.45, 2.75) is 51.6 Å². The molecule has 1 N–H and O–H groups in total. The molecule has 0 atom stereocenters. The first-order valence-electron chi connectivity index (χ1n) is 10.9. The van der Waals surface area contributed by atoms with Gasteiger partial charge in [-0.15, -0.1) is 11.3 Å². The second kappa shape index (κ2) is 8.73. The molecule has 0 radical (unpaired) electrons. The Labute approximate surface area is 189 Å². The normalized spacial score (nSPS) is 16.5. The molecule has 6 nitrogen and oxygen atoms in total. The van der Waals surface area contributed by atoms with Gasteiger partial charge in [0.05, 0.1) is 11.9 Å². The van der Waals surface area contributed by atoms with Crippen LogP contribution in [0.25, 0.3) is 10.2 Å². The van der Waals surface area contributed by atoms with Crippen molar-refractivity contribution in [1.29, 1.82) is 0 Å². The highest BCUT2D eigenvalue weighted by molar-refractivity contribution is 7.18. The SMILES string of the molecule is O=C(Cn1c(CN2CCCC2)nc2sc3c(c2c1=O)CCCC3)Nc1cccc(Cl)c1. The highest BCUT2D eigenvalue weighted by Crippen LogP contribution is 2.34. The van der Waals surface area contributed by atoms with Crippen molar-refractivity contribution in [3.8, 4) is 0 Å². The number of carbonyl (C=O) groups excluding carboxylic acids is 1. The van der Waals surface area contributed by atoms with Crippen molar-refractivity contribution in [2.24, 2.45) is 0 Å². The number of likely N-dealkylation sites (tertiary alicyclic amines) is 1. The average Bonchev–Trinajstić information content (AvgIpc) is 3.38. The molecule has 162 valence electrons. The molecule has 0 bridgehead atoms. The van der Waals surface area contributed by atoms with Crippen LogP contribution < -0.4 is 10.9 Å². The number of fused-ring (bicyclic) bond motifs is 3. The molecule has 5 rings (SSSR count). The minimum atomic E-state index is -0.253. The van der Waals surface area contributed by atoms with Crippen molar-refractivity contribution in [2.75, 3.05) is 18.4 Å². The lowest BCUT2D eigenvalue weighted by Crippen LogP contribution is -2.33. The fourth-order valence-corrected chi connectivity index (χ4v) is 6.08. The molecular formula is C23H25ClN4O2S. The number of carbonyl (C=O) groups is 1. The van der Waals surface area contributed by atoms with E-state index in [0.29, 0.717) is 23.1 Å². The molecule has 0 saturated carbocycles. The van der Waals surface area contributed by atoms with Crippen LogP contribution in [0.15, 0.2) is 29.1 Å². The van der Waals surface area contributed by atoms with Crippen molar-refractivity contribution in [1.82, 2.24) is 14.5 Å². The number of amides is 1. The van der Waals surface area contributed by atoms with E-state index in [2.05, 4.69) is 10.2 Å². The Bertz CT molecular complexity index is 1200. The van der Waals surface area contributed by atoms with Gasteiger partial charge in [0, 0.05) is 15.6 Å². The van der Waals surface area contributed by atoms with Crippen LogP contribution in [0.1, 0.15) is 41.9 Å². The first kappa shape index (κ1) is 20.7. The average molecular weight is 457 g/mol. The Hall–Kier alpha value is -2.22. The molecule has 1 aliphatic heterocycles. The van der Waals surface area contributed by atoms with Crippen LogP contribution in [0, 0.1) is 0 Å². The molecule has 1 amide bonds. The molecule has 3 aromatic rings. The summed E-state index contributed by atoms with van der Waals surface area (Å²) in [6, 6.07) is 7.03. The Kier molecular flexibility index (Phi) is 5.82. The molecule has 1 aliphatic carbocycles. The first-order chi connectivity index (χ1) is 15.1. The quantitative estimate of drug-likeness (QED) is 0.624. The van der Waals surface area contributed by atoms with E-state index in [-0.39, 0.29) is 18.0 Å². The number of anilines is 1. The van der Waals surface area contributed by atoms with Gasteiger partial charge in [0.15, 0.2) is 0 Å². The van der Waals surface area contributed by atoms with Gasteiger partial charge in [0.25, 0.3) is 5.56 Å². The lowest BCUT2D eigenvalue weighted by Gasteiger charge is -2.18. The molecule has 31 heavy (non-hydrogen) atoms. The topological polar surface area (TPSA) is 67.2 Å². The third-order valence-electron chi connectivity index (χ3n) is 6.13. The predicted octanol–water partition coefficient (Wildman–Crippen LogP) is 4.22. The highest BCUT2D eigenvalue weighted by atomic mass is 35.5. The molecule has 2 aliphatic rings. The zero-order chi connectivity index (χ0) is 21.4. The third kappa shape index (κ3) is 4.27. The first-order valence-corrected chi connectivity index (χ1v) is 12.1. The van der Waals surface area contributed by atoms with E-state index in [1.165, 1.54) is 4.88 Å². The number of hydrogen-bond acceptors (Lipinski definition) is 5. The molecule has 0 spiro atoms. The molecule has 8 heteroatoms. The molecule has 0 unspecified atom stereocenters. The maximum absolute atomic E-state index is 13.6. The van der Waals surface area contributed by atoms with Crippen molar-refractivity contribution in [3.63, 3.8) is 0 Å². The van der Waals surface area contributed by atoms with Crippen molar-refractivity contribution in [3.05, 3.63) is 55.9 Å². The summed E-state index contributed by atoms with van der Waals surface area (Å²) in [5.74, 6) is 0.427. The number of thiophene rings is 1. The fraction of sp³-hybridized carbons (Fsp3) is 0.435. The number of benzene rings is 1. The van der Waals surface area contributed by atoms with Crippen LogP contribution in [0.2, 0.25) is 5.02 Å². The van der Waals surface area contributed by atoms with E-state index in [0.717, 1.165) is 67.4 Å². The van der Waals surface area contributed by atoms with Gasteiger partial charge in [0.2, 0.25) is 5.91 Å². The third-order valence-corrected chi connectivity index (χ3v) is 7.55. The van der Waals surface area contributed by atoms with Gasteiger partial charge in [-0.2, -0.15) is 0 Å². The van der Waals surface area contributed by atoms with Gasteiger partial charge in [-0.1, -0.05) is 17.7 Å². The Morgan fingerprint density at radius 1 is 1.16 bits per heavy atom. The minimum absolute atomic E-state index is 0.0535. The summed E-state index contributed by atoms with van der Waals surface area (Å²) in [7, 11) is 0. The Morgan fingerprint density at radius 2 is 1.97 bits per heavy atom. The van der Waals surface area contributed by atoms with Gasteiger partial charge >= 0.3 is 0 Å². The number of nitrogens with one attached hydrogen (secondary N) is 1. The van der Waals surface area contributed by atoms with Crippen LogP contribution in [-0.4, -0.2) is 33.4 Å². The lowest BCUT2D eigenvalue weighted by molar-refractivity contribution is -0.116. The van der Waals surface area contributed by atoms with E-state index < -0.39 is 0 Å². The van der Waals surface area contributed by atoms with Gasteiger partial charge in [-0.25, -0.2) is 4.98 Å². The van der Waals surface area contributed by atoms with E-state index in [1.807, 2.05) is 0 Å². The zero-order valence-electron chi connectivity index (χ0n) is 17.3. The molecular weight excluding hydrogens is 432 g/mol. The summed E-state index contributed by atoms with van der Waals surface area (Å²) in [5, 5.41) is 4.14. The molecule has 1 fully saturated rings. The van der Waals surface area contributed by atoms with Gasteiger partial charge in [-0.05, 0) is 75.4 Å². The van der Waals surface area contributed by atoms with E-state index in [9.17, 15) is 9.59 Å². The van der Waals surface area contributed by atoms with E-state index >= 15 is 0 Å². The Morgan fingerprint density at radius 3 is 2.77 bits per heavy atom. The van der Waals surface area contributed by atoms with Gasteiger partial charge in [0.1, 0.15) is 17.2 Å². The molecule has 1 saturated heterocycles. The predicted molar refractivity (Wildman–Crippen MR) is 125 cm³/mol. The summed E-state index contributed by atoms with van der Waals surface area (Å²) in [6.07, 6.45) is 6.53. The summed E-state index contributed by atoms with van der Waals surface area (Å²) in [4.78, 5) is 35.8. The molecule has 1 aromatic carbocycles. The van der Waals surface area contributed by atoms with Crippen LogP contribution in [0.4, 0.5) is 5.69 Å². The molecule has 2 aromatic heterocycles. The summed E-state index contributed by atoms with van der Waals surface area (Å²) < 4.78 is 1.59. The van der Waals surface area contributed by atoms with Crippen molar-refractivity contribution < 1.29 is 4.79 Å². The molecule has 3 heterocycles. The Balaban J connectivity index is 1.52.